The highest BCUT2D eigenvalue weighted by molar-refractivity contribution is 7.88. The normalized spacial score (nSPS) is 13.0. The Bertz CT molecular complexity index is 752. The minimum absolute atomic E-state index is 0.0905. The third-order valence-electron chi connectivity index (χ3n) is 3.09. The Hall–Kier alpha value is -1.47. The summed E-state index contributed by atoms with van der Waals surface area (Å²) in [5.41, 5.74) is 0.523. The second-order valence-corrected chi connectivity index (χ2v) is 6.89. The number of nitrogens with one attached hydrogen (secondary N) is 1. The number of rotatable bonds is 6. The van der Waals surface area contributed by atoms with Crippen molar-refractivity contribution in [3.8, 4) is 0 Å². The van der Waals surface area contributed by atoms with Gasteiger partial charge in [-0.2, -0.15) is 0 Å². The quantitative estimate of drug-likeness (QED) is 0.847. The molecule has 0 radical (unpaired) electrons. The summed E-state index contributed by atoms with van der Waals surface area (Å²) in [6.07, 6.45) is 0. The molecule has 0 amide bonds. The number of hydrogen-bond donors (Lipinski definition) is 2. The second kappa shape index (κ2) is 7.19. The first-order valence-corrected chi connectivity index (χ1v) is 8.54. The highest BCUT2D eigenvalue weighted by Crippen LogP contribution is 2.21. The maximum absolute atomic E-state index is 13.7. The van der Waals surface area contributed by atoms with Gasteiger partial charge in [0.2, 0.25) is 10.0 Å². The molecule has 4 nitrogen and oxygen atoms in total. The van der Waals surface area contributed by atoms with Gasteiger partial charge in [-0.05, 0) is 17.7 Å². The van der Waals surface area contributed by atoms with Crippen molar-refractivity contribution in [3.63, 3.8) is 0 Å². The summed E-state index contributed by atoms with van der Waals surface area (Å²) in [7, 11) is -3.79. The molecule has 22 heavy (non-hydrogen) atoms. The van der Waals surface area contributed by atoms with Crippen LogP contribution in [-0.4, -0.2) is 20.1 Å². The fourth-order valence-corrected chi connectivity index (χ4v) is 3.70. The average molecular weight is 344 g/mol. The number of benzene rings is 2. The zero-order valence-corrected chi connectivity index (χ0v) is 13.1. The fraction of sp³-hybridized carbons (Fsp3) is 0.200. The molecule has 0 aliphatic rings. The predicted octanol–water partition coefficient (Wildman–Crippen LogP) is 2.63. The molecule has 0 spiro atoms. The molecule has 0 aliphatic carbocycles. The molecular weight excluding hydrogens is 329 g/mol. The molecule has 0 aliphatic heterocycles. The first-order chi connectivity index (χ1) is 10.4. The van der Waals surface area contributed by atoms with E-state index in [2.05, 4.69) is 4.72 Å². The van der Waals surface area contributed by atoms with Gasteiger partial charge < -0.3 is 5.11 Å². The van der Waals surface area contributed by atoms with Crippen molar-refractivity contribution in [1.29, 1.82) is 0 Å². The summed E-state index contributed by atoms with van der Waals surface area (Å²) in [5.74, 6) is -0.931. The number of hydrogen-bond acceptors (Lipinski definition) is 3. The van der Waals surface area contributed by atoms with E-state index in [1.807, 2.05) is 0 Å². The summed E-state index contributed by atoms with van der Waals surface area (Å²) in [5, 5.41) is 9.70. The van der Waals surface area contributed by atoms with Crippen LogP contribution in [0.4, 0.5) is 4.39 Å². The number of halogens is 2. The van der Waals surface area contributed by atoms with Gasteiger partial charge in [0.25, 0.3) is 0 Å². The van der Waals surface area contributed by atoms with Crippen LogP contribution in [0.25, 0.3) is 0 Å². The van der Waals surface area contributed by atoms with E-state index in [4.69, 9.17) is 11.6 Å². The number of aliphatic hydroxyl groups is 1. The van der Waals surface area contributed by atoms with Crippen LogP contribution in [0.1, 0.15) is 17.2 Å². The van der Waals surface area contributed by atoms with E-state index in [1.54, 1.807) is 30.3 Å². The van der Waals surface area contributed by atoms with Crippen molar-refractivity contribution < 1.29 is 17.9 Å². The van der Waals surface area contributed by atoms with Gasteiger partial charge in [0, 0.05) is 10.6 Å². The summed E-state index contributed by atoms with van der Waals surface area (Å²) in [6.45, 7) is -0.553. The molecule has 0 aromatic heterocycles. The van der Waals surface area contributed by atoms with E-state index in [-0.39, 0.29) is 11.3 Å². The Labute approximate surface area is 133 Å². The van der Waals surface area contributed by atoms with E-state index in [0.717, 1.165) is 0 Å². The van der Waals surface area contributed by atoms with E-state index in [9.17, 15) is 17.9 Å². The van der Waals surface area contributed by atoms with Gasteiger partial charge in [-0.15, -0.1) is 0 Å². The SMILES string of the molecule is O=S(=O)(Cc1ccccc1Cl)NC(CO)c1ccccc1F. The second-order valence-electron chi connectivity index (χ2n) is 4.73. The highest BCUT2D eigenvalue weighted by Gasteiger charge is 2.22. The number of sulfonamides is 1. The fourth-order valence-electron chi connectivity index (χ4n) is 2.04. The highest BCUT2D eigenvalue weighted by atomic mass is 35.5. The zero-order valence-electron chi connectivity index (χ0n) is 11.5. The Kier molecular flexibility index (Phi) is 5.52. The number of aliphatic hydroxyl groups excluding tert-OH is 1. The predicted molar refractivity (Wildman–Crippen MR) is 83.4 cm³/mol. The molecule has 7 heteroatoms. The third-order valence-corrected chi connectivity index (χ3v) is 4.79. The molecule has 2 aromatic carbocycles. The van der Waals surface area contributed by atoms with Gasteiger partial charge in [-0.25, -0.2) is 17.5 Å². The molecule has 1 unspecified atom stereocenters. The summed E-state index contributed by atoms with van der Waals surface area (Å²) >= 11 is 5.94. The van der Waals surface area contributed by atoms with Crippen molar-refractivity contribution in [2.45, 2.75) is 11.8 Å². The Balaban J connectivity index is 2.20. The Morgan fingerprint density at radius 2 is 1.77 bits per heavy atom. The van der Waals surface area contributed by atoms with Crippen LogP contribution in [0.3, 0.4) is 0 Å². The van der Waals surface area contributed by atoms with Crippen LogP contribution in [-0.2, 0) is 15.8 Å². The molecule has 0 heterocycles. The molecule has 0 bridgehead atoms. The smallest absolute Gasteiger partial charge is 0.216 e. The van der Waals surface area contributed by atoms with Crippen molar-refractivity contribution in [2.75, 3.05) is 6.61 Å². The molecule has 1 atom stereocenters. The average Bonchev–Trinajstić information content (AvgIpc) is 2.48. The van der Waals surface area contributed by atoms with Crippen LogP contribution in [0.15, 0.2) is 48.5 Å². The lowest BCUT2D eigenvalue weighted by Crippen LogP contribution is -2.32. The van der Waals surface area contributed by atoms with Gasteiger partial charge in [0.15, 0.2) is 0 Å². The molecule has 0 fully saturated rings. The minimum atomic E-state index is -3.79. The molecule has 0 saturated carbocycles. The van der Waals surface area contributed by atoms with Crippen molar-refractivity contribution in [3.05, 3.63) is 70.5 Å². The largest absolute Gasteiger partial charge is 0.394 e. The minimum Gasteiger partial charge on any atom is -0.394 e. The Morgan fingerprint density at radius 3 is 2.41 bits per heavy atom. The van der Waals surface area contributed by atoms with Crippen molar-refractivity contribution in [1.82, 2.24) is 4.72 Å². The third kappa shape index (κ3) is 4.27. The molecule has 2 N–H and O–H groups in total. The van der Waals surface area contributed by atoms with Crippen molar-refractivity contribution >= 4 is 21.6 Å². The molecular formula is C15H15ClFNO3S. The molecule has 118 valence electrons. The zero-order chi connectivity index (χ0) is 16.2. The lowest BCUT2D eigenvalue weighted by Gasteiger charge is -2.17. The molecule has 0 saturated heterocycles. The van der Waals surface area contributed by atoms with Crippen LogP contribution in [0.2, 0.25) is 5.02 Å². The summed E-state index contributed by atoms with van der Waals surface area (Å²) in [6, 6.07) is 11.2. The van der Waals surface area contributed by atoms with E-state index in [1.165, 1.54) is 18.2 Å². The van der Waals surface area contributed by atoms with Gasteiger partial charge in [-0.3, -0.25) is 0 Å². The first-order valence-electron chi connectivity index (χ1n) is 6.51. The standard InChI is InChI=1S/C15H15ClFNO3S/c16-13-7-3-1-5-11(13)10-22(20,21)18-15(9-19)12-6-2-4-8-14(12)17/h1-8,15,18-19H,9-10H2. The van der Waals surface area contributed by atoms with E-state index >= 15 is 0 Å². The van der Waals surface area contributed by atoms with Gasteiger partial charge in [0.1, 0.15) is 5.82 Å². The summed E-state index contributed by atoms with van der Waals surface area (Å²) < 4.78 is 40.4. The summed E-state index contributed by atoms with van der Waals surface area (Å²) in [4.78, 5) is 0. The van der Waals surface area contributed by atoms with Gasteiger partial charge >= 0.3 is 0 Å². The van der Waals surface area contributed by atoms with Crippen molar-refractivity contribution in [2.24, 2.45) is 0 Å². The van der Waals surface area contributed by atoms with Crippen LogP contribution in [0, 0.1) is 5.82 Å². The van der Waals surface area contributed by atoms with E-state index < -0.39 is 28.5 Å². The lowest BCUT2D eigenvalue weighted by molar-refractivity contribution is 0.256. The molecule has 2 aromatic rings. The maximum Gasteiger partial charge on any atom is 0.216 e. The lowest BCUT2D eigenvalue weighted by atomic mass is 10.1. The van der Waals surface area contributed by atoms with Crippen LogP contribution >= 0.6 is 11.6 Å². The van der Waals surface area contributed by atoms with Gasteiger partial charge in [-0.1, -0.05) is 48.0 Å². The van der Waals surface area contributed by atoms with Crippen LogP contribution in [0.5, 0.6) is 0 Å². The Morgan fingerprint density at radius 1 is 1.14 bits per heavy atom. The monoisotopic (exact) mass is 343 g/mol. The van der Waals surface area contributed by atoms with Gasteiger partial charge in [0.05, 0.1) is 18.4 Å². The van der Waals surface area contributed by atoms with E-state index in [0.29, 0.717) is 10.6 Å². The van der Waals surface area contributed by atoms with Crippen LogP contribution < -0.4 is 4.72 Å². The maximum atomic E-state index is 13.7. The first kappa shape index (κ1) is 16.9. The molecule has 2 rings (SSSR count). The topological polar surface area (TPSA) is 66.4 Å².